The lowest BCUT2D eigenvalue weighted by Crippen LogP contribution is -2.36. The standard InChI is InChI=1S/C23H30N4O/c1-17-9-10-21(18(2)12-17)15-26-23(24-3)25-14-19-6-4-7-20(13-19)16-27-11-5-8-22(27)28/h4,6-7,9-10,12-13H,5,8,11,14-16H2,1-3H3,(H2,24,25,26). The number of likely N-dealkylation sites (tertiary alicyclic amines) is 1. The van der Waals surface area contributed by atoms with Crippen LogP contribution in [-0.4, -0.2) is 30.4 Å². The van der Waals surface area contributed by atoms with Gasteiger partial charge >= 0.3 is 0 Å². The van der Waals surface area contributed by atoms with Gasteiger partial charge in [-0.2, -0.15) is 0 Å². The smallest absolute Gasteiger partial charge is 0.222 e. The fraction of sp³-hybridized carbons (Fsp3) is 0.391. The van der Waals surface area contributed by atoms with Crippen molar-refractivity contribution in [3.8, 4) is 0 Å². The lowest BCUT2D eigenvalue weighted by Gasteiger charge is -2.17. The molecule has 5 nitrogen and oxygen atoms in total. The van der Waals surface area contributed by atoms with Gasteiger partial charge in [0.25, 0.3) is 0 Å². The Hall–Kier alpha value is -2.82. The molecule has 2 N–H and O–H groups in total. The molecule has 0 bridgehead atoms. The summed E-state index contributed by atoms with van der Waals surface area (Å²) in [4.78, 5) is 18.1. The highest BCUT2D eigenvalue weighted by Crippen LogP contribution is 2.15. The number of hydrogen-bond donors (Lipinski definition) is 2. The SMILES string of the molecule is CN=C(NCc1cccc(CN2CCCC2=O)c1)NCc1ccc(C)cc1C. The minimum absolute atomic E-state index is 0.263. The summed E-state index contributed by atoms with van der Waals surface area (Å²) in [7, 11) is 1.78. The van der Waals surface area contributed by atoms with E-state index in [-0.39, 0.29) is 5.91 Å². The third-order valence-corrected chi connectivity index (χ3v) is 5.16. The Morgan fingerprint density at radius 1 is 1.07 bits per heavy atom. The van der Waals surface area contributed by atoms with Crippen molar-refractivity contribution in [1.82, 2.24) is 15.5 Å². The van der Waals surface area contributed by atoms with E-state index in [9.17, 15) is 4.79 Å². The Balaban J connectivity index is 1.53. The highest BCUT2D eigenvalue weighted by atomic mass is 16.2. The van der Waals surface area contributed by atoms with Crippen LogP contribution in [0.5, 0.6) is 0 Å². The van der Waals surface area contributed by atoms with Gasteiger partial charge in [0, 0.05) is 39.6 Å². The van der Waals surface area contributed by atoms with Crippen molar-refractivity contribution in [2.24, 2.45) is 4.99 Å². The van der Waals surface area contributed by atoms with Crippen LogP contribution in [0.2, 0.25) is 0 Å². The van der Waals surface area contributed by atoms with Crippen LogP contribution in [0.1, 0.15) is 40.7 Å². The van der Waals surface area contributed by atoms with Crippen LogP contribution >= 0.6 is 0 Å². The maximum atomic E-state index is 11.8. The summed E-state index contributed by atoms with van der Waals surface area (Å²) < 4.78 is 0. The summed E-state index contributed by atoms with van der Waals surface area (Å²) in [6.45, 7) is 7.25. The molecule has 1 aliphatic heterocycles. The fourth-order valence-electron chi connectivity index (χ4n) is 3.56. The van der Waals surface area contributed by atoms with Gasteiger partial charge in [-0.15, -0.1) is 0 Å². The molecule has 2 aromatic carbocycles. The normalized spacial score (nSPS) is 14.5. The highest BCUT2D eigenvalue weighted by Gasteiger charge is 2.19. The van der Waals surface area contributed by atoms with Crippen LogP contribution < -0.4 is 10.6 Å². The Morgan fingerprint density at radius 2 is 1.86 bits per heavy atom. The molecule has 1 fully saturated rings. The molecule has 0 aromatic heterocycles. The number of rotatable bonds is 6. The van der Waals surface area contributed by atoms with E-state index in [1.165, 1.54) is 27.8 Å². The number of guanidine groups is 1. The van der Waals surface area contributed by atoms with Crippen LogP contribution in [-0.2, 0) is 24.4 Å². The first kappa shape index (κ1) is 19.9. The summed E-state index contributed by atoms with van der Waals surface area (Å²) in [5.41, 5.74) is 6.18. The molecular weight excluding hydrogens is 348 g/mol. The van der Waals surface area contributed by atoms with E-state index >= 15 is 0 Å². The van der Waals surface area contributed by atoms with E-state index in [4.69, 9.17) is 0 Å². The van der Waals surface area contributed by atoms with Gasteiger partial charge < -0.3 is 15.5 Å². The number of hydrogen-bond acceptors (Lipinski definition) is 2. The molecule has 0 atom stereocenters. The molecule has 1 heterocycles. The maximum Gasteiger partial charge on any atom is 0.222 e. The van der Waals surface area contributed by atoms with Gasteiger partial charge in [-0.25, -0.2) is 0 Å². The molecule has 0 aliphatic carbocycles. The number of carbonyl (C=O) groups excluding carboxylic acids is 1. The average Bonchev–Trinajstić information content (AvgIpc) is 3.08. The molecule has 1 amide bonds. The number of aryl methyl sites for hydroxylation is 2. The van der Waals surface area contributed by atoms with Gasteiger partial charge in [0.1, 0.15) is 0 Å². The number of carbonyl (C=O) groups is 1. The lowest BCUT2D eigenvalue weighted by atomic mass is 10.1. The minimum Gasteiger partial charge on any atom is -0.352 e. The van der Waals surface area contributed by atoms with E-state index in [0.29, 0.717) is 19.5 Å². The monoisotopic (exact) mass is 378 g/mol. The molecule has 1 saturated heterocycles. The van der Waals surface area contributed by atoms with Crippen molar-refractivity contribution < 1.29 is 4.79 Å². The second-order valence-electron chi connectivity index (χ2n) is 7.45. The first-order valence-corrected chi connectivity index (χ1v) is 9.91. The molecule has 0 unspecified atom stereocenters. The molecule has 0 radical (unpaired) electrons. The van der Waals surface area contributed by atoms with Crippen LogP contribution in [0.4, 0.5) is 0 Å². The van der Waals surface area contributed by atoms with E-state index < -0.39 is 0 Å². The highest BCUT2D eigenvalue weighted by molar-refractivity contribution is 5.79. The zero-order chi connectivity index (χ0) is 19.9. The summed E-state index contributed by atoms with van der Waals surface area (Å²) in [6.07, 6.45) is 1.66. The molecule has 5 heteroatoms. The molecular formula is C23H30N4O. The van der Waals surface area contributed by atoms with Crippen molar-refractivity contribution in [1.29, 1.82) is 0 Å². The van der Waals surface area contributed by atoms with Gasteiger partial charge in [-0.3, -0.25) is 9.79 Å². The van der Waals surface area contributed by atoms with Gasteiger partial charge in [0.05, 0.1) is 0 Å². The number of aliphatic imine (C=N–C) groups is 1. The Bertz CT molecular complexity index is 859. The molecule has 1 aliphatic rings. The lowest BCUT2D eigenvalue weighted by molar-refractivity contribution is -0.128. The number of nitrogens with zero attached hydrogens (tertiary/aromatic N) is 2. The Morgan fingerprint density at radius 3 is 2.57 bits per heavy atom. The van der Waals surface area contributed by atoms with Crippen molar-refractivity contribution in [3.05, 3.63) is 70.3 Å². The van der Waals surface area contributed by atoms with E-state index in [0.717, 1.165) is 25.5 Å². The number of benzene rings is 2. The molecule has 2 aromatic rings. The van der Waals surface area contributed by atoms with E-state index in [1.54, 1.807) is 7.05 Å². The first-order valence-electron chi connectivity index (χ1n) is 9.91. The molecule has 148 valence electrons. The predicted octanol–water partition coefficient (Wildman–Crippen LogP) is 3.29. The minimum atomic E-state index is 0.263. The summed E-state index contributed by atoms with van der Waals surface area (Å²) in [6, 6.07) is 14.9. The number of amides is 1. The van der Waals surface area contributed by atoms with Crippen molar-refractivity contribution in [2.75, 3.05) is 13.6 Å². The van der Waals surface area contributed by atoms with Gasteiger partial charge in [0.2, 0.25) is 5.91 Å². The Labute approximate surface area is 167 Å². The molecule has 0 spiro atoms. The van der Waals surface area contributed by atoms with Crippen molar-refractivity contribution in [3.63, 3.8) is 0 Å². The summed E-state index contributed by atoms with van der Waals surface area (Å²) in [5.74, 6) is 1.04. The molecule has 28 heavy (non-hydrogen) atoms. The third kappa shape index (κ3) is 5.35. The number of nitrogens with one attached hydrogen (secondary N) is 2. The summed E-state index contributed by atoms with van der Waals surface area (Å²) in [5, 5.41) is 6.76. The quantitative estimate of drug-likeness (QED) is 0.599. The van der Waals surface area contributed by atoms with Gasteiger partial charge in [-0.1, -0.05) is 48.0 Å². The topological polar surface area (TPSA) is 56.7 Å². The zero-order valence-electron chi connectivity index (χ0n) is 17.1. The maximum absolute atomic E-state index is 11.8. The third-order valence-electron chi connectivity index (χ3n) is 5.16. The molecule has 3 rings (SSSR count). The van der Waals surface area contributed by atoms with Gasteiger partial charge in [0.15, 0.2) is 5.96 Å². The van der Waals surface area contributed by atoms with Crippen LogP contribution in [0.3, 0.4) is 0 Å². The second kappa shape index (κ2) is 9.40. The zero-order valence-corrected chi connectivity index (χ0v) is 17.1. The van der Waals surface area contributed by atoms with Crippen LogP contribution in [0.25, 0.3) is 0 Å². The largest absolute Gasteiger partial charge is 0.352 e. The average molecular weight is 379 g/mol. The summed E-state index contributed by atoms with van der Waals surface area (Å²) >= 11 is 0. The Kier molecular flexibility index (Phi) is 6.69. The second-order valence-corrected chi connectivity index (χ2v) is 7.45. The van der Waals surface area contributed by atoms with Crippen LogP contribution in [0.15, 0.2) is 47.5 Å². The molecule has 0 saturated carbocycles. The van der Waals surface area contributed by atoms with Gasteiger partial charge in [-0.05, 0) is 42.5 Å². The fourth-order valence-corrected chi connectivity index (χ4v) is 3.56. The van der Waals surface area contributed by atoms with Crippen LogP contribution in [0, 0.1) is 13.8 Å². The van der Waals surface area contributed by atoms with E-state index in [1.807, 2.05) is 4.90 Å². The van der Waals surface area contributed by atoms with Crippen molar-refractivity contribution >= 4 is 11.9 Å². The predicted molar refractivity (Wildman–Crippen MR) is 114 cm³/mol. The first-order chi connectivity index (χ1) is 13.5. The van der Waals surface area contributed by atoms with Crippen molar-refractivity contribution in [2.45, 2.75) is 46.3 Å². The van der Waals surface area contributed by atoms with E-state index in [2.05, 4.69) is 71.9 Å².